The highest BCUT2D eigenvalue weighted by molar-refractivity contribution is 7.89. The maximum Gasteiger partial charge on any atom is 0.339 e. The molecule has 1 aromatic carbocycles. The van der Waals surface area contributed by atoms with E-state index in [9.17, 15) is 13.2 Å². The zero-order valence-corrected chi connectivity index (χ0v) is 16.7. The standard InChI is InChI=1S/C16H23ClN2O4S.ClH/c1-3-18-11-12-6-8-19(9-7-12)24(21,22)15-5-4-13(17)10-14(15)16(20)23-2;/h4-5,10,12,18H,3,6-9,11H2,1-2H3;1H. The van der Waals surface area contributed by atoms with Gasteiger partial charge in [-0.25, -0.2) is 13.2 Å². The molecule has 0 spiro atoms. The first-order valence-corrected chi connectivity index (χ1v) is 9.80. The molecule has 9 heteroatoms. The van der Waals surface area contributed by atoms with Crippen molar-refractivity contribution >= 4 is 40.0 Å². The Morgan fingerprint density at radius 1 is 1.36 bits per heavy atom. The largest absolute Gasteiger partial charge is 0.465 e. The smallest absolute Gasteiger partial charge is 0.339 e. The Bertz CT molecular complexity index is 689. The van der Waals surface area contributed by atoms with Gasteiger partial charge in [-0.3, -0.25) is 0 Å². The van der Waals surface area contributed by atoms with E-state index < -0.39 is 16.0 Å². The number of benzene rings is 1. The zero-order chi connectivity index (χ0) is 17.7. The molecular weight excluding hydrogens is 387 g/mol. The number of hydrogen-bond donors (Lipinski definition) is 1. The lowest BCUT2D eigenvalue weighted by molar-refractivity contribution is 0.0596. The number of nitrogens with one attached hydrogen (secondary N) is 1. The van der Waals surface area contributed by atoms with E-state index >= 15 is 0 Å². The summed E-state index contributed by atoms with van der Waals surface area (Å²) in [4.78, 5) is 11.9. The van der Waals surface area contributed by atoms with E-state index in [2.05, 4.69) is 17.0 Å². The number of ether oxygens (including phenoxy) is 1. The highest BCUT2D eigenvalue weighted by atomic mass is 35.5. The molecule has 0 bridgehead atoms. The Morgan fingerprint density at radius 2 is 2.00 bits per heavy atom. The van der Waals surface area contributed by atoms with E-state index in [0.717, 1.165) is 25.9 Å². The monoisotopic (exact) mass is 410 g/mol. The highest BCUT2D eigenvalue weighted by Crippen LogP contribution is 2.27. The Kier molecular flexibility index (Phi) is 8.63. The van der Waals surface area contributed by atoms with Gasteiger partial charge in [0.05, 0.1) is 17.6 Å². The van der Waals surface area contributed by atoms with Crippen LogP contribution in [0, 0.1) is 5.92 Å². The minimum Gasteiger partial charge on any atom is -0.465 e. The predicted octanol–water partition coefficient (Wildman–Crippen LogP) is 2.56. The van der Waals surface area contributed by atoms with E-state index in [4.69, 9.17) is 11.6 Å². The summed E-state index contributed by atoms with van der Waals surface area (Å²) in [5, 5.41) is 3.59. The maximum absolute atomic E-state index is 12.9. The lowest BCUT2D eigenvalue weighted by Crippen LogP contribution is -2.41. The summed E-state index contributed by atoms with van der Waals surface area (Å²) < 4.78 is 32.0. The van der Waals surface area contributed by atoms with Gasteiger partial charge in [-0.15, -0.1) is 12.4 Å². The van der Waals surface area contributed by atoms with E-state index in [0.29, 0.717) is 24.0 Å². The van der Waals surface area contributed by atoms with Crippen LogP contribution in [0.25, 0.3) is 0 Å². The van der Waals surface area contributed by atoms with Crippen LogP contribution in [0.5, 0.6) is 0 Å². The van der Waals surface area contributed by atoms with E-state index in [-0.39, 0.29) is 22.9 Å². The van der Waals surface area contributed by atoms with Crippen molar-refractivity contribution < 1.29 is 17.9 Å². The molecule has 0 aromatic heterocycles. The van der Waals surface area contributed by atoms with Crippen molar-refractivity contribution in [2.24, 2.45) is 5.92 Å². The third-order valence-electron chi connectivity index (χ3n) is 4.22. The van der Waals surface area contributed by atoms with Gasteiger partial charge in [0.1, 0.15) is 0 Å². The third kappa shape index (κ3) is 5.31. The molecule has 6 nitrogen and oxygen atoms in total. The van der Waals surface area contributed by atoms with Gasteiger partial charge in [0.2, 0.25) is 10.0 Å². The average molecular weight is 411 g/mol. The van der Waals surface area contributed by atoms with Crippen molar-refractivity contribution in [2.45, 2.75) is 24.7 Å². The molecule has 142 valence electrons. The Balaban J connectivity index is 0.00000312. The fourth-order valence-corrected chi connectivity index (χ4v) is 4.64. The summed E-state index contributed by atoms with van der Waals surface area (Å²) in [6.45, 7) is 4.75. The second-order valence-corrected chi connectivity index (χ2v) is 8.13. The van der Waals surface area contributed by atoms with Crippen molar-refractivity contribution in [3.05, 3.63) is 28.8 Å². The number of sulfonamides is 1. The number of carbonyl (C=O) groups is 1. The fourth-order valence-electron chi connectivity index (χ4n) is 2.84. The third-order valence-corrected chi connectivity index (χ3v) is 6.41. The number of halogens is 2. The molecule has 1 heterocycles. The molecular formula is C16H24Cl2N2O4S. The van der Waals surface area contributed by atoms with Crippen LogP contribution < -0.4 is 5.32 Å². The van der Waals surface area contributed by atoms with Gasteiger partial charge in [0.15, 0.2) is 0 Å². The fraction of sp³-hybridized carbons (Fsp3) is 0.562. The second kappa shape index (κ2) is 9.73. The minimum atomic E-state index is -3.76. The van der Waals surface area contributed by atoms with Crippen molar-refractivity contribution in [2.75, 3.05) is 33.3 Å². The summed E-state index contributed by atoms with van der Waals surface area (Å²) in [5.74, 6) is -0.236. The molecule has 0 aliphatic carbocycles. The van der Waals surface area contributed by atoms with Crippen LogP contribution in [0.15, 0.2) is 23.1 Å². The van der Waals surface area contributed by atoms with Gasteiger partial charge in [-0.2, -0.15) is 4.31 Å². The second-order valence-electron chi connectivity index (χ2n) is 5.79. The number of hydrogen-bond acceptors (Lipinski definition) is 5. The Morgan fingerprint density at radius 3 is 2.56 bits per heavy atom. The first-order valence-electron chi connectivity index (χ1n) is 7.98. The number of nitrogens with zero attached hydrogens (tertiary/aromatic N) is 1. The van der Waals surface area contributed by atoms with Gasteiger partial charge in [0, 0.05) is 18.1 Å². The minimum absolute atomic E-state index is 0. The Labute approximate surface area is 160 Å². The Hall–Kier alpha value is -0.860. The quantitative estimate of drug-likeness (QED) is 0.729. The van der Waals surface area contributed by atoms with E-state index in [1.54, 1.807) is 0 Å². The van der Waals surface area contributed by atoms with Gasteiger partial charge in [0.25, 0.3) is 0 Å². The zero-order valence-electron chi connectivity index (χ0n) is 14.3. The summed E-state index contributed by atoms with van der Waals surface area (Å²) in [6, 6.07) is 4.17. The highest BCUT2D eigenvalue weighted by Gasteiger charge is 2.32. The number of esters is 1. The molecule has 0 saturated carbocycles. The maximum atomic E-state index is 12.9. The SMILES string of the molecule is CCNCC1CCN(S(=O)(=O)c2ccc(Cl)cc2C(=O)OC)CC1.Cl. The molecule has 1 aromatic rings. The molecule has 0 radical (unpaired) electrons. The molecule has 0 atom stereocenters. The van der Waals surface area contributed by atoms with Crippen LogP contribution in [0.2, 0.25) is 5.02 Å². The summed E-state index contributed by atoms with van der Waals surface area (Å²) in [5.41, 5.74) is -0.0280. The summed E-state index contributed by atoms with van der Waals surface area (Å²) in [7, 11) is -2.54. The van der Waals surface area contributed by atoms with Crippen LogP contribution in [0.4, 0.5) is 0 Å². The number of piperidine rings is 1. The van der Waals surface area contributed by atoms with Crippen LogP contribution in [0.1, 0.15) is 30.1 Å². The summed E-state index contributed by atoms with van der Waals surface area (Å²) >= 11 is 5.90. The number of rotatable bonds is 6. The number of methoxy groups -OCH3 is 1. The van der Waals surface area contributed by atoms with Crippen molar-refractivity contribution in [3.8, 4) is 0 Å². The van der Waals surface area contributed by atoms with Crippen LogP contribution in [-0.4, -0.2) is 52.0 Å². The van der Waals surface area contributed by atoms with E-state index in [1.807, 2.05) is 0 Å². The van der Waals surface area contributed by atoms with Crippen molar-refractivity contribution in [1.82, 2.24) is 9.62 Å². The number of carbonyl (C=O) groups excluding carboxylic acids is 1. The first kappa shape index (κ1) is 22.2. The molecule has 1 aliphatic heterocycles. The molecule has 0 amide bonds. The van der Waals surface area contributed by atoms with Crippen molar-refractivity contribution in [3.63, 3.8) is 0 Å². The predicted molar refractivity (Wildman–Crippen MR) is 100 cm³/mol. The lowest BCUT2D eigenvalue weighted by Gasteiger charge is -2.31. The van der Waals surface area contributed by atoms with Gasteiger partial charge in [-0.05, 0) is 50.0 Å². The van der Waals surface area contributed by atoms with Crippen LogP contribution in [-0.2, 0) is 14.8 Å². The van der Waals surface area contributed by atoms with Crippen LogP contribution >= 0.6 is 24.0 Å². The molecule has 1 fully saturated rings. The topological polar surface area (TPSA) is 75.7 Å². The molecule has 1 N–H and O–H groups in total. The first-order chi connectivity index (χ1) is 11.4. The molecule has 2 rings (SSSR count). The van der Waals surface area contributed by atoms with Crippen molar-refractivity contribution in [1.29, 1.82) is 0 Å². The molecule has 1 aliphatic rings. The van der Waals surface area contributed by atoms with Gasteiger partial charge >= 0.3 is 5.97 Å². The van der Waals surface area contributed by atoms with Gasteiger partial charge in [-0.1, -0.05) is 18.5 Å². The normalized spacial score (nSPS) is 16.3. The molecule has 0 unspecified atom stereocenters. The molecule has 25 heavy (non-hydrogen) atoms. The lowest BCUT2D eigenvalue weighted by atomic mass is 9.98. The summed E-state index contributed by atoms with van der Waals surface area (Å²) in [6.07, 6.45) is 1.60. The average Bonchev–Trinajstić information content (AvgIpc) is 2.59. The van der Waals surface area contributed by atoms with Gasteiger partial charge < -0.3 is 10.1 Å². The van der Waals surface area contributed by atoms with E-state index in [1.165, 1.54) is 29.6 Å². The molecule has 1 saturated heterocycles. The van der Waals surface area contributed by atoms with Crippen LogP contribution in [0.3, 0.4) is 0 Å².